The van der Waals surface area contributed by atoms with Gasteiger partial charge in [-0.25, -0.2) is 18.7 Å². The fourth-order valence-electron chi connectivity index (χ4n) is 4.84. The number of anilines is 1. The minimum atomic E-state index is -0.605. The van der Waals surface area contributed by atoms with Gasteiger partial charge in [-0.3, -0.25) is 4.79 Å². The summed E-state index contributed by atoms with van der Waals surface area (Å²) in [5.41, 5.74) is 1.08. The molecule has 1 aromatic heterocycles. The molecule has 1 unspecified atom stereocenters. The molecule has 0 radical (unpaired) electrons. The molecule has 2 atom stereocenters. The van der Waals surface area contributed by atoms with E-state index in [1.807, 2.05) is 4.90 Å². The van der Waals surface area contributed by atoms with E-state index in [0.717, 1.165) is 24.7 Å². The zero-order valence-corrected chi connectivity index (χ0v) is 17.0. The van der Waals surface area contributed by atoms with Crippen molar-refractivity contribution in [2.75, 3.05) is 18.0 Å². The number of piperidine rings is 1. The maximum atomic E-state index is 13.8. The van der Waals surface area contributed by atoms with E-state index < -0.39 is 16.4 Å². The van der Waals surface area contributed by atoms with Crippen molar-refractivity contribution >= 4 is 23.5 Å². The van der Waals surface area contributed by atoms with Gasteiger partial charge in [0.05, 0.1) is 11.4 Å². The standard InChI is InChI=1S/C22H20F2N4OS/c1-2-17-12-19(26-13-25-17)27-7-5-22(6-8-27)21(29)28-18(3-4-20(28)30-22)14-9-15(23)11-16(24)10-14/h1,9-13,18,20H,3-8H2/t18-,20?/m0/s1. The fourth-order valence-corrected chi connectivity index (χ4v) is 6.59. The van der Waals surface area contributed by atoms with E-state index in [4.69, 9.17) is 6.42 Å². The van der Waals surface area contributed by atoms with Crippen LogP contribution < -0.4 is 4.90 Å². The zero-order chi connectivity index (χ0) is 20.9. The highest BCUT2D eigenvalue weighted by atomic mass is 32.2. The predicted molar refractivity (Wildman–Crippen MR) is 111 cm³/mol. The second-order valence-corrected chi connectivity index (χ2v) is 9.53. The van der Waals surface area contributed by atoms with Crippen LogP contribution in [0.3, 0.4) is 0 Å². The first-order valence-electron chi connectivity index (χ1n) is 9.99. The Bertz CT molecular complexity index is 1030. The number of terminal acetylenes is 1. The van der Waals surface area contributed by atoms with E-state index in [9.17, 15) is 13.6 Å². The number of benzene rings is 1. The summed E-state index contributed by atoms with van der Waals surface area (Å²) in [4.78, 5) is 25.9. The first-order valence-corrected chi connectivity index (χ1v) is 10.9. The largest absolute Gasteiger partial charge is 0.356 e. The maximum absolute atomic E-state index is 13.8. The Kier molecular flexibility index (Phi) is 4.66. The first-order chi connectivity index (χ1) is 14.5. The van der Waals surface area contributed by atoms with E-state index >= 15 is 0 Å². The average molecular weight is 426 g/mol. The molecule has 3 aliphatic rings. The van der Waals surface area contributed by atoms with Crippen LogP contribution in [0.2, 0.25) is 0 Å². The second kappa shape index (κ2) is 7.24. The van der Waals surface area contributed by atoms with Gasteiger partial charge in [-0.2, -0.15) is 0 Å². The summed E-state index contributed by atoms with van der Waals surface area (Å²) in [6, 6.07) is 5.08. The number of halogens is 2. The fraction of sp³-hybridized carbons (Fsp3) is 0.409. The number of rotatable bonds is 2. The van der Waals surface area contributed by atoms with Gasteiger partial charge in [0, 0.05) is 25.2 Å². The van der Waals surface area contributed by atoms with Crippen molar-refractivity contribution < 1.29 is 13.6 Å². The highest BCUT2D eigenvalue weighted by Crippen LogP contribution is 2.55. The highest BCUT2D eigenvalue weighted by Gasteiger charge is 2.57. The molecular weight excluding hydrogens is 406 g/mol. The number of amides is 1. The number of aromatic nitrogens is 2. The Morgan fingerprint density at radius 2 is 1.83 bits per heavy atom. The van der Waals surface area contributed by atoms with Crippen LogP contribution in [-0.2, 0) is 4.79 Å². The van der Waals surface area contributed by atoms with Crippen molar-refractivity contribution in [3.05, 3.63) is 53.5 Å². The molecule has 0 saturated carbocycles. The molecule has 3 aliphatic heterocycles. The molecule has 4 heterocycles. The maximum Gasteiger partial charge on any atom is 0.240 e. The molecule has 30 heavy (non-hydrogen) atoms. The van der Waals surface area contributed by atoms with Gasteiger partial charge in [0.25, 0.3) is 0 Å². The Balaban J connectivity index is 1.34. The molecule has 154 valence electrons. The highest BCUT2D eigenvalue weighted by molar-refractivity contribution is 8.02. The molecule has 1 amide bonds. The zero-order valence-electron chi connectivity index (χ0n) is 16.2. The van der Waals surface area contributed by atoms with Crippen molar-refractivity contribution in [1.29, 1.82) is 0 Å². The van der Waals surface area contributed by atoms with Gasteiger partial charge in [0.1, 0.15) is 34.2 Å². The number of hydrogen-bond donors (Lipinski definition) is 0. The number of nitrogens with zero attached hydrogens (tertiary/aromatic N) is 4. The van der Waals surface area contributed by atoms with Crippen LogP contribution in [0.4, 0.5) is 14.6 Å². The lowest BCUT2D eigenvalue weighted by Crippen LogP contribution is -2.48. The van der Waals surface area contributed by atoms with Crippen LogP contribution in [-0.4, -0.2) is 44.0 Å². The smallest absolute Gasteiger partial charge is 0.240 e. The third kappa shape index (κ3) is 3.12. The van der Waals surface area contributed by atoms with Crippen LogP contribution in [0, 0.1) is 24.0 Å². The normalized spacial score (nSPS) is 24.9. The topological polar surface area (TPSA) is 49.3 Å². The Morgan fingerprint density at radius 1 is 1.10 bits per heavy atom. The van der Waals surface area contributed by atoms with Gasteiger partial charge in [-0.15, -0.1) is 18.2 Å². The van der Waals surface area contributed by atoms with Gasteiger partial charge in [-0.1, -0.05) is 5.92 Å². The van der Waals surface area contributed by atoms with Gasteiger partial charge < -0.3 is 9.80 Å². The van der Waals surface area contributed by atoms with Crippen molar-refractivity contribution in [1.82, 2.24) is 14.9 Å². The lowest BCUT2D eigenvalue weighted by atomic mass is 9.93. The van der Waals surface area contributed by atoms with Gasteiger partial charge >= 0.3 is 0 Å². The Labute approximate surface area is 177 Å². The number of carbonyl (C=O) groups excluding carboxylic acids is 1. The van der Waals surface area contributed by atoms with Crippen molar-refractivity contribution in [3.8, 4) is 12.3 Å². The minimum absolute atomic E-state index is 0.0625. The third-order valence-corrected chi connectivity index (χ3v) is 8.05. The molecule has 1 aromatic carbocycles. The van der Waals surface area contributed by atoms with Crippen molar-refractivity contribution in [2.45, 2.75) is 41.8 Å². The third-order valence-electron chi connectivity index (χ3n) is 6.28. The second-order valence-electron chi connectivity index (χ2n) is 7.97. The summed E-state index contributed by atoms with van der Waals surface area (Å²) in [7, 11) is 0. The first kappa shape index (κ1) is 19.3. The molecular formula is C22H20F2N4OS. The summed E-state index contributed by atoms with van der Waals surface area (Å²) in [6.07, 6.45) is 9.85. The number of carbonyl (C=O) groups is 1. The van der Waals surface area contributed by atoms with E-state index in [1.165, 1.54) is 18.5 Å². The van der Waals surface area contributed by atoms with Gasteiger partial charge in [0.2, 0.25) is 5.91 Å². The van der Waals surface area contributed by atoms with Crippen molar-refractivity contribution in [2.24, 2.45) is 0 Å². The SMILES string of the molecule is C#Cc1cc(N2CCC3(CC2)SC2CC[C@@H](c4cc(F)cc(F)c4)N2C3=O)ncn1. The Morgan fingerprint density at radius 3 is 2.53 bits per heavy atom. The predicted octanol–water partition coefficient (Wildman–Crippen LogP) is 3.51. The lowest BCUT2D eigenvalue weighted by Gasteiger charge is -2.38. The Hall–Kier alpha value is -2.66. The van der Waals surface area contributed by atoms with Crippen LogP contribution in [0.15, 0.2) is 30.6 Å². The van der Waals surface area contributed by atoms with E-state index in [0.29, 0.717) is 37.2 Å². The molecule has 1 spiro atoms. The summed E-state index contributed by atoms with van der Waals surface area (Å²) in [5.74, 6) is 2.18. The van der Waals surface area contributed by atoms with Crippen LogP contribution in [0.1, 0.15) is 43.0 Å². The molecule has 2 aromatic rings. The molecule has 3 fully saturated rings. The molecule has 8 heteroatoms. The van der Waals surface area contributed by atoms with Gasteiger partial charge in [-0.05, 0) is 43.4 Å². The molecule has 0 aliphatic carbocycles. The van der Waals surface area contributed by atoms with Crippen LogP contribution >= 0.6 is 11.8 Å². The average Bonchev–Trinajstić information content (AvgIpc) is 3.26. The summed E-state index contributed by atoms with van der Waals surface area (Å²) >= 11 is 1.72. The van der Waals surface area contributed by atoms with Crippen LogP contribution in [0.25, 0.3) is 0 Å². The number of fused-ring (bicyclic) bond motifs is 1. The number of hydrogen-bond acceptors (Lipinski definition) is 5. The molecule has 0 bridgehead atoms. The summed E-state index contributed by atoms with van der Waals surface area (Å²) in [6.45, 7) is 1.39. The molecule has 5 rings (SSSR count). The van der Waals surface area contributed by atoms with Crippen molar-refractivity contribution in [3.63, 3.8) is 0 Å². The molecule has 5 nitrogen and oxygen atoms in total. The van der Waals surface area contributed by atoms with E-state index in [2.05, 4.69) is 20.8 Å². The van der Waals surface area contributed by atoms with E-state index in [-0.39, 0.29) is 17.3 Å². The molecule has 0 N–H and O–H groups in total. The summed E-state index contributed by atoms with van der Waals surface area (Å²) < 4.78 is 27.0. The minimum Gasteiger partial charge on any atom is -0.356 e. The quantitative estimate of drug-likeness (QED) is 0.688. The van der Waals surface area contributed by atoms with Gasteiger partial charge in [0.15, 0.2) is 0 Å². The monoisotopic (exact) mass is 426 g/mol. The summed E-state index contributed by atoms with van der Waals surface area (Å²) in [5, 5.41) is 0.0625. The van der Waals surface area contributed by atoms with Crippen LogP contribution in [0.5, 0.6) is 0 Å². The van der Waals surface area contributed by atoms with E-state index in [1.54, 1.807) is 17.8 Å². The molecule has 3 saturated heterocycles. The number of thioether (sulfide) groups is 1. The lowest BCUT2D eigenvalue weighted by molar-refractivity contribution is -0.134.